The minimum atomic E-state index is -0.495. The Balaban J connectivity index is 1.83. The highest BCUT2D eigenvalue weighted by molar-refractivity contribution is 6.03. The Hall–Kier alpha value is -3.74. The molecule has 0 aliphatic carbocycles. The average molecular weight is 346 g/mol. The van der Waals surface area contributed by atoms with Gasteiger partial charge in [0.25, 0.3) is 0 Å². The number of benzene rings is 1. The first-order chi connectivity index (χ1) is 12.7. The monoisotopic (exact) mass is 346 g/mol. The van der Waals surface area contributed by atoms with Gasteiger partial charge in [0.15, 0.2) is 5.82 Å². The van der Waals surface area contributed by atoms with Crippen LogP contribution in [0.4, 0.5) is 0 Å². The first-order valence-electron chi connectivity index (χ1n) is 7.86. The van der Waals surface area contributed by atoms with Crippen LogP contribution in [0.1, 0.15) is 10.4 Å². The molecule has 4 aromatic rings. The molecule has 0 saturated carbocycles. The number of hydrogen-bond acceptors (Lipinski definition) is 6. The van der Waals surface area contributed by atoms with Crippen molar-refractivity contribution in [1.29, 1.82) is 0 Å². The van der Waals surface area contributed by atoms with E-state index in [2.05, 4.69) is 19.9 Å². The molecule has 0 amide bonds. The van der Waals surface area contributed by atoms with E-state index in [9.17, 15) is 4.79 Å². The summed E-state index contributed by atoms with van der Waals surface area (Å²) in [5.41, 5.74) is 2.13. The molecule has 7 heteroatoms. The summed E-state index contributed by atoms with van der Waals surface area (Å²) in [6, 6.07) is 12.5. The zero-order chi connectivity index (χ0) is 17.9. The maximum absolute atomic E-state index is 12.2. The second kappa shape index (κ2) is 6.64. The van der Waals surface area contributed by atoms with Gasteiger partial charge in [0.05, 0.1) is 24.4 Å². The van der Waals surface area contributed by atoms with E-state index in [1.807, 2.05) is 18.2 Å². The second-order valence-electron chi connectivity index (χ2n) is 5.45. The molecule has 128 valence electrons. The number of fused-ring (bicyclic) bond motifs is 1. The van der Waals surface area contributed by atoms with E-state index < -0.39 is 5.97 Å². The summed E-state index contributed by atoms with van der Waals surface area (Å²) in [5.74, 6) is 1.10. The summed E-state index contributed by atoms with van der Waals surface area (Å²) in [6.07, 6.45) is 4.93. The number of hydrogen-bond donors (Lipinski definition) is 1. The van der Waals surface area contributed by atoms with Gasteiger partial charge in [0.2, 0.25) is 0 Å². The minimum absolute atomic E-state index is 0.308. The number of H-pyrrole nitrogens is 1. The van der Waals surface area contributed by atoms with Gasteiger partial charge in [-0.05, 0) is 30.3 Å². The lowest BCUT2D eigenvalue weighted by atomic mass is 10.1. The lowest BCUT2D eigenvalue weighted by Gasteiger charge is -2.07. The second-order valence-corrected chi connectivity index (χ2v) is 5.45. The Morgan fingerprint density at radius 2 is 2.00 bits per heavy atom. The number of aromatic nitrogens is 4. The molecule has 4 rings (SSSR count). The first-order valence-corrected chi connectivity index (χ1v) is 7.86. The van der Waals surface area contributed by atoms with Crippen molar-refractivity contribution in [3.8, 4) is 23.0 Å². The van der Waals surface area contributed by atoms with Crippen molar-refractivity contribution in [1.82, 2.24) is 19.9 Å². The van der Waals surface area contributed by atoms with Crippen LogP contribution in [0.25, 0.3) is 22.6 Å². The third-order valence-corrected chi connectivity index (χ3v) is 3.74. The number of pyridine rings is 2. The highest BCUT2D eigenvalue weighted by Crippen LogP contribution is 2.29. The summed E-state index contributed by atoms with van der Waals surface area (Å²) in [7, 11) is 1.33. The molecule has 0 bridgehead atoms. The van der Waals surface area contributed by atoms with Gasteiger partial charge in [-0.25, -0.2) is 9.78 Å². The molecule has 1 aromatic carbocycles. The first kappa shape index (κ1) is 15.8. The van der Waals surface area contributed by atoms with Gasteiger partial charge in [-0.15, -0.1) is 0 Å². The number of imidazole rings is 1. The summed E-state index contributed by atoms with van der Waals surface area (Å²) in [6.45, 7) is 0. The average Bonchev–Trinajstić information content (AvgIpc) is 3.12. The predicted molar refractivity (Wildman–Crippen MR) is 95.0 cm³/mol. The summed E-state index contributed by atoms with van der Waals surface area (Å²) in [4.78, 5) is 28.2. The topological polar surface area (TPSA) is 90.0 Å². The zero-order valence-electron chi connectivity index (χ0n) is 13.8. The predicted octanol–water partition coefficient (Wildman–Crippen LogP) is 3.60. The third kappa shape index (κ3) is 2.98. The maximum atomic E-state index is 12.2. The third-order valence-electron chi connectivity index (χ3n) is 3.74. The molecule has 0 radical (unpaired) electrons. The van der Waals surface area contributed by atoms with E-state index in [4.69, 9.17) is 9.47 Å². The fourth-order valence-corrected chi connectivity index (χ4v) is 2.58. The lowest BCUT2D eigenvalue weighted by molar-refractivity contribution is 0.0602. The van der Waals surface area contributed by atoms with Crippen molar-refractivity contribution in [2.45, 2.75) is 0 Å². The molecule has 26 heavy (non-hydrogen) atoms. The molecule has 3 aromatic heterocycles. The molecular formula is C19H14N4O3. The number of nitrogens with one attached hydrogen (secondary N) is 1. The number of carbonyl (C=O) groups is 1. The summed E-state index contributed by atoms with van der Waals surface area (Å²) >= 11 is 0. The molecule has 0 unspecified atom stereocenters. The SMILES string of the molecule is COC(=O)c1cc(Oc2cccnc2)cc2[nH]c(-c3ccccn3)nc12. The maximum Gasteiger partial charge on any atom is 0.340 e. The van der Waals surface area contributed by atoms with Crippen molar-refractivity contribution in [2.24, 2.45) is 0 Å². The Morgan fingerprint density at radius 3 is 2.73 bits per heavy atom. The van der Waals surface area contributed by atoms with Crippen LogP contribution in [-0.2, 0) is 4.74 Å². The van der Waals surface area contributed by atoms with E-state index in [-0.39, 0.29) is 0 Å². The Morgan fingerprint density at radius 1 is 1.08 bits per heavy atom. The fourth-order valence-electron chi connectivity index (χ4n) is 2.58. The normalized spacial score (nSPS) is 10.7. The van der Waals surface area contributed by atoms with E-state index in [1.54, 1.807) is 42.9 Å². The smallest absolute Gasteiger partial charge is 0.340 e. The van der Waals surface area contributed by atoms with E-state index in [1.165, 1.54) is 7.11 Å². The van der Waals surface area contributed by atoms with Gasteiger partial charge in [-0.2, -0.15) is 0 Å². The fraction of sp³-hybridized carbons (Fsp3) is 0.0526. The minimum Gasteiger partial charge on any atom is -0.465 e. The number of aromatic amines is 1. The number of methoxy groups -OCH3 is 1. The van der Waals surface area contributed by atoms with Gasteiger partial charge < -0.3 is 14.5 Å². The lowest BCUT2D eigenvalue weighted by Crippen LogP contribution is -2.02. The quantitative estimate of drug-likeness (QED) is 0.568. The molecule has 0 saturated heterocycles. The molecular weight excluding hydrogens is 332 g/mol. The molecule has 0 aliphatic rings. The van der Waals surface area contributed by atoms with Crippen molar-refractivity contribution in [3.05, 3.63) is 66.6 Å². The molecule has 7 nitrogen and oxygen atoms in total. The Labute approximate surface area is 148 Å². The van der Waals surface area contributed by atoms with Crippen LogP contribution in [0, 0.1) is 0 Å². The summed E-state index contributed by atoms with van der Waals surface area (Å²) < 4.78 is 10.7. The number of esters is 1. The molecule has 0 aliphatic heterocycles. The summed E-state index contributed by atoms with van der Waals surface area (Å²) in [5, 5.41) is 0. The van der Waals surface area contributed by atoms with Crippen LogP contribution < -0.4 is 4.74 Å². The van der Waals surface area contributed by atoms with Crippen LogP contribution in [0.15, 0.2) is 61.1 Å². The molecule has 3 heterocycles. The van der Waals surface area contributed by atoms with Crippen LogP contribution in [-0.4, -0.2) is 33.0 Å². The van der Waals surface area contributed by atoms with Gasteiger partial charge in [0.1, 0.15) is 22.7 Å². The zero-order valence-corrected chi connectivity index (χ0v) is 13.8. The molecule has 0 fully saturated rings. The van der Waals surface area contributed by atoms with Crippen LogP contribution in [0.3, 0.4) is 0 Å². The highest BCUT2D eigenvalue weighted by Gasteiger charge is 2.18. The van der Waals surface area contributed by atoms with Gasteiger partial charge in [-0.3, -0.25) is 9.97 Å². The van der Waals surface area contributed by atoms with Crippen LogP contribution >= 0.6 is 0 Å². The van der Waals surface area contributed by atoms with Crippen molar-refractivity contribution in [3.63, 3.8) is 0 Å². The number of carbonyl (C=O) groups excluding carboxylic acids is 1. The highest BCUT2D eigenvalue weighted by atomic mass is 16.5. The standard InChI is InChI=1S/C19H14N4O3/c1-25-19(24)14-9-13(26-12-5-4-7-20-11-12)10-16-17(14)23-18(22-16)15-6-2-3-8-21-15/h2-11H,1H3,(H,22,23). The number of ether oxygens (including phenoxy) is 2. The molecule has 1 N–H and O–H groups in total. The Bertz CT molecular complexity index is 1060. The van der Waals surface area contributed by atoms with Gasteiger partial charge >= 0.3 is 5.97 Å². The molecule has 0 atom stereocenters. The number of rotatable bonds is 4. The van der Waals surface area contributed by atoms with E-state index in [0.29, 0.717) is 39.6 Å². The van der Waals surface area contributed by atoms with Crippen molar-refractivity contribution in [2.75, 3.05) is 7.11 Å². The van der Waals surface area contributed by atoms with Crippen molar-refractivity contribution >= 4 is 17.0 Å². The van der Waals surface area contributed by atoms with E-state index in [0.717, 1.165) is 0 Å². The number of nitrogens with zero attached hydrogens (tertiary/aromatic N) is 3. The van der Waals surface area contributed by atoms with Gasteiger partial charge in [-0.1, -0.05) is 6.07 Å². The van der Waals surface area contributed by atoms with Crippen LogP contribution in [0.2, 0.25) is 0 Å². The van der Waals surface area contributed by atoms with Crippen molar-refractivity contribution < 1.29 is 14.3 Å². The largest absolute Gasteiger partial charge is 0.465 e. The Kier molecular flexibility index (Phi) is 4.03. The van der Waals surface area contributed by atoms with Gasteiger partial charge in [0, 0.05) is 18.5 Å². The van der Waals surface area contributed by atoms with E-state index >= 15 is 0 Å². The molecule has 0 spiro atoms. The van der Waals surface area contributed by atoms with Crippen LogP contribution in [0.5, 0.6) is 11.5 Å².